The minimum Gasteiger partial charge on any atom is -0.379 e. The molecule has 0 radical (unpaired) electrons. The average Bonchev–Trinajstić information content (AvgIpc) is 2.84. The molecule has 1 aromatic heterocycles. The van der Waals surface area contributed by atoms with E-state index in [1.54, 1.807) is 0 Å². The summed E-state index contributed by atoms with van der Waals surface area (Å²) in [5.41, 5.74) is 2.83. The molecular weight excluding hydrogens is 234 g/mol. The van der Waals surface area contributed by atoms with Gasteiger partial charge in [0.05, 0.1) is 18.4 Å². The second kappa shape index (κ2) is 4.72. The van der Waals surface area contributed by atoms with E-state index in [2.05, 4.69) is 54.7 Å². The molecule has 0 amide bonds. The molecule has 2 aromatic rings. The Morgan fingerprint density at radius 1 is 1.32 bits per heavy atom. The Bertz CT molecular complexity index is 542. The molecule has 3 heteroatoms. The highest BCUT2D eigenvalue weighted by Crippen LogP contribution is 2.41. The fourth-order valence-electron chi connectivity index (χ4n) is 2.63. The van der Waals surface area contributed by atoms with E-state index in [1.165, 1.54) is 18.4 Å². The third kappa shape index (κ3) is 2.65. The second-order valence-electron chi connectivity index (χ2n) is 6.14. The molecule has 0 spiro atoms. The van der Waals surface area contributed by atoms with Gasteiger partial charge in [0.2, 0.25) is 0 Å². The van der Waals surface area contributed by atoms with Crippen molar-refractivity contribution in [3.05, 3.63) is 48.3 Å². The molecule has 0 saturated heterocycles. The second-order valence-corrected chi connectivity index (χ2v) is 6.14. The van der Waals surface area contributed by atoms with Crippen molar-refractivity contribution in [3.8, 4) is 0 Å². The summed E-state index contributed by atoms with van der Waals surface area (Å²) in [6, 6.07) is 11.0. The van der Waals surface area contributed by atoms with E-state index in [-0.39, 0.29) is 0 Å². The van der Waals surface area contributed by atoms with E-state index in [0.29, 0.717) is 11.5 Å². The molecule has 1 saturated carbocycles. The predicted molar refractivity (Wildman–Crippen MR) is 78.2 cm³/mol. The quantitative estimate of drug-likeness (QED) is 0.905. The highest BCUT2D eigenvalue weighted by atomic mass is 15.3. The number of hydrogen-bond donors (Lipinski definition) is 1. The van der Waals surface area contributed by atoms with E-state index < -0.39 is 0 Å². The Morgan fingerprint density at radius 3 is 2.74 bits per heavy atom. The van der Waals surface area contributed by atoms with E-state index >= 15 is 0 Å². The summed E-state index contributed by atoms with van der Waals surface area (Å²) in [7, 11) is 0. The molecule has 0 aliphatic heterocycles. The van der Waals surface area contributed by atoms with Gasteiger partial charge in [-0.3, -0.25) is 4.68 Å². The molecule has 1 atom stereocenters. The molecule has 1 aliphatic carbocycles. The molecule has 1 aliphatic rings. The van der Waals surface area contributed by atoms with Gasteiger partial charge in [-0.1, -0.05) is 44.2 Å². The molecule has 1 fully saturated rings. The van der Waals surface area contributed by atoms with Gasteiger partial charge in [-0.25, -0.2) is 0 Å². The molecule has 1 unspecified atom stereocenters. The average molecular weight is 255 g/mol. The van der Waals surface area contributed by atoms with E-state index in [9.17, 15) is 0 Å². The van der Waals surface area contributed by atoms with Crippen LogP contribution in [0, 0.1) is 5.41 Å². The van der Waals surface area contributed by atoms with Gasteiger partial charge in [-0.2, -0.15) is 5.10 Å². The first-order chi connectivity index (χ1) is 9.13. The zero-order valence-corrected chi connectivity index (χ0v) is 11.6. The lowest BCUT2D eigenvalue weighted by Gasteiger charge is -2.45. The molecule has 1 heterocycles. The number of nitrogens with one attached hydrogen (secondary N) is 1. The number of nitrogens with zero attached hydrogens (tertiary/aromatic N) is 2. The summed E-state index contributed by atoms with van der Waals surface area (Å²) in [4.78, 5) is 0. The highest BCUT2D eigenvalue weighted by Gasteiger charge is 2.38. The first kappa shape index (κ1) is 12.3. The molecule has 3 rings (SSSR count). The Morgan fingerprint density at radius 2 is 2.11 bits per heavy atom. The Hall–Kier alpha value is -1.77. The van der Waals surface area contributed by atoms with Gasteiger partial charge in [-0.15, -0.1) is 0 Å². The number of benzene rings is 1. The lowest BCUT2D eigenvalue weighted by atomic mass is 9.67. The van der Waals surface area contributed by atoms with Crippen LogP contribution in [0.3, 0.4) is 0 Å². The summed E-state index contributed by atoms with van der Waals surface area (Å²) < 4.78 is 1.99. The third-order valence-electron chi connectivity index (χ3n) is 4.18. The monoisotopic (exact) mass is 255 g/mol. The first-order valence-corrected chi connectivity index (χ1v) is 6.96. The molecule has 1 N–H and O–H groups in total. The summed E-state index contributed by atoms with van der Waals surface area (Å²) >= 11 is 0. The Labute approximate surface area is 114 Å². The third-order valence-corrected chi connectivity index (χ3v) is 4.18. The standard InChI is InChI=1S/C16H21N3/c1-16(2)9-8-15(16)18-14-10-17-19(12-14)11-13-6-4-3-5-7-13/h3-7,10,12,15,18H,8-9,11H2,1-2H3. The lowest BCUT2D eigenvalue weighted by molar-refractivity contribution is 0.160. The zero-order chi connectivity index (χ0) is 13.3. The molecule has 3 nitrogen and oxygen atoms in total. The molecule has 1 aromatic carbocycles. The summed E-state index contributed by atoms with van der Waals surface area (Å²) in [5.74, 6) is 0. The summed E-state index contributed by atoms with van der Waals surface area (Å²) in [6.45, 7) is 5.47. The zero-order valence-electron chi connectivity index (χ0n) is 11.6. The van der Waals surface area contributed by atoms with Gasteiger partial charge in [0.15, 0.2) is 0 Å². The van der Waals surface area contributed by atoms with Gasteiger partial charge in [0.25, 0.3) is 0 Å². The molecule has 19 heavy (non-hydrogen) atoms. The van der Waals surface area contributed by atoms with Gasteiger partial charge < -0.3 is 5.32 Å². The fourth-order valence-corrected chi connectivity index (χ4v) is 2.63. The maximum absolute atomic E-state index is 4.42. The molecular formula is C16H21N3. The van der Waals surface area contributed by atoms with Crippen LogP contribution in [0.5, 0.6) is 0 Å². The summed E-state index contributed by atoms with van der Waals surface area (Å²) in [6.07, 6.45) is 6.60. The Balaban J connectivity index is 1.64. The largest absolute Gasteiger partial charge is 0.379 e. The van der Waals surface area contributed by atoms with Crippen LogP contribution in [0.4, 0.5) is 5.69 Å². The van der Waals surface area contributed by atoms with Gasteiger partial charge in [-0.05, 0) is 23.8 Å². The van der Waals surface area contributed by atoms with Crippen molar-refractivity contribution in [2.75, 3.05) is 5.32 Å². The van der Waals surface area contributed by atoms with Crippen molar-refractivity contribution in [1.29, 1.82) is 0 Å². The molecule has 100 valence electrons. The molecule has 0 bridgehead atoms. The number of aromatic nitrogens is 2. The van der Waals surface area contributed by atoms with Crippen molar-refractivity contribution < 1.29 is 0 Å². The smallest absolute Gasteiger partial charge is 0.0728 e. The van der Waals surface area contributed by atoms with Gasteiger partial charge >= 0.3 is 0 Å². The maximum atomic E-state index is 4.42. The first-order valence-electron chi connectivity index (χ1n) is 6.96. The van der Waals surface area contributed by atoms with Crippen LogP contribution in [0.2, 0.25) is 0 Å². The highest BCUT2D eigenvalue weighted by molar-refractivity contribution is 5.41. The van der Waals surface area contributed by atoms with E-state index in [1.807, 2.05) is 16.9 Å². The SMILES string of the molecule is CC1(C)CCC1Nc1cnn(Cc2ccccc2)c1. The lowest BCUT2D eigenvalue weighted by Crippen LogP contribution is -2.45. The normalized spacial score (nSPS) is 20.8. The van der Waals surface area contributed by atoms with Gasteiger partial charge in [0, 0.05) is 12.2 Å². The van der Waals surface area contributed by atoms with Crippen molar-refractivity contribution in [2.45, 2.75) is 39.3 Å². The van der Waals surface area contributed by atoms with Crippen LogP contribution in [0.1, 0.15) is 32.3 Å². The topological polar surface area (TPSA) is 29.9 Å². The predicted octanol–water partition coefficient (Wildman–Crippen LogP) is 3.53. The number of hydrogen-bond acceptors (Lipinski definition) is 2. The van der Waals surface area contributed by atoms with E-state index in [0.717, 1.165) is 12.2 Å². The van der Waals surface area contributed by atoms with Crippen LogP contribution in [0.15, 0.2) is 42.7 Å². The van der Waals surface area contributed by atoms with Crippen LogP contribution in [0.25, 0.3) is 0 Å². The van der Waals surface area contributed by atoms with Crippen LogP contribution >= 0.6 is 0 Å². The minimum absolute atomic E-state index is 0.418. The van der Waals surface area contributed by atoms with Crippen LogP contribution in [-0.4, -0.2) is 15.8 Å². The van der Waals surface area contributed by atoms with E-state index in [4.69, 9.17) is 0 Å². The van der Waals surface area contributed by atoms with Crippen molar-refractivity contribution in [2.24, 2.45) is 5.41 Å². The van der Waals surface area contributed by atoms with Crippen molar-refractivity contribution in [1.82, 2.24) is 9.78 Å². The van der Waals surface area contributed by atoms with Crippen LogP contribution < -0.4 is 5.32 Å². The number of anilines is 1. The Kier molecular flexibility index (Phi) is 3.05. The minimum atomic E-state index is 0.418. The van der Waals surface area contributed by atoms with Crippen molar-refractivity contribution in [3.63, 3.8) is 0 Å². The summed E-state index contributed by atoms with van der Waals surface area (Å²) in [5, 5.41) is 8.02. The van der Waals surface area contributed by atoms with Gasteiger partial charge in [0.1, 0.15) is 0 Å². The van der Waals surface area contributed by atoms with Crippen LogP contribution in [-0.2, 0) is 6.54 Å². The fraction of sp³-hybridized carbons (Fsp3) is 0.438. The number of rotatable bonds is 4. The maximum Gasteiger partial charge on any atom is 0.0728 e. The van der Waals surface area contributed by atoms with Crippen molar-refractivity contribution >= 4 is 5.69 Å².